The van der Waals surface area contributed by atoms with Crippen molar-refractivity contribution in [2.75, 3.05) is 25.6 Å². The molecule has 0 spiro atoms. The van der Waals surface area contributed by atoms with Gasteiger partial charge in [-0.05, 0) is 55.3 Å². The van der Waals surface area contributed by atoms with Gasteiger partial charge in [-0.2, -0.15) is 0 Å². The number of hydrogen-bond acceptors (Lipinski definition) is 5. The number of hydrogen-bond donors (Lipinski definition) is 2. The lowest BCUT2D eigenvalue weighted by atomic mass is 10.1. The van der Waals surface area contributed by atoms with Crippen molar-refractivity contribution in [1.29, 1.82) is 0 Å². The number of ether oxygens (including phenoxy) is 2. The Kier molecular flexibility index (Phi) is 7.05. The van der Waals surface area contributed by atoms with Crippen molar-refractivity contribution in [3.8, 4) is 11.5 Å². The summed E-state index contributed by atoms with van der Waals surface area (Å²) in [7, 11) is 1.64. The molecule has 150 valence electrons. The molecule has 0 saturated carbocycles. The van der Waals surface area contributed by atoms with Crippen LogP contribution in [0.3, 0.4) is 0 Å². The predicted octanol–water partition coefficient (Wildman–Crippen LogP) is 4.21. The first kappa shape index (κ1) is 20.2. The van der Waals surface area contributed by atoms with E-state index in [9.17, 15) is 4.79 Å². The molecule has 0 radical (unpaired) electrons. The summed E-state index contributed by atoms with van der Waals surface area (Å²) in [6.45, 7) is 3.03. The maximum Gasteiger partial charge on any atom is 0.269 e. The first-order valence-corrected chi connectivity index (χ1v) is 9.55. The lowest BCUT2D eigenvalue weighted by Crippen LogP contribution is -2.26. The van der Waals surface area contributed by atoms with Gasteiger partial charge >= 0.3 is 0 Å². The molecule has 0 saturated heterocycles. The van der Waals surface area contributed by atoms with Gasteiger partial charge in [0.15, 0.2) is 0 Å². The van der Waals surface area contributed by atoms with Gasteiger partial charge in [-0.15, -0.1) is 0 Å². The summed E-state index contributed by atoms with van der Waals surface area (Å²) in [4.78, 5) is 16.7. The van der Waals surface area contributed by atoms with Gasteiger partial charge in [0.05, 0.1) is 19.4 Å². The number of benzene rings is 2. The van der Waals surface area contributed by atoms with Gasteiger partial charge in [0, 0.05) is 18.4 Å². The van der Waals surface area contributed by atoms with Gasteiger partial charge in [-0.25, -0.2) is 0 Å². The number of amides is 1. The molecule has 0 unspecified atom stereocenters. The third kappa shape index (κ3) is 5.72. The van der Waals surface area contributed by atoms with Crippen molar-refractivity contribution in [3.05, 3.63) is 78.1 Å². The Hall–Kier alpha value is -3.54. The SMILES string of the molecule is CCOc1ccccc1Nc1ccnc(C(=O)NCCc2cccc(OC)c2)c1. The molecule has 3 rings (SSSR count). The Morgan fingerprint density at radius 1 is 1.07 bits per heavy atom. The molecule has 1 amide bonds. The number of para-hydroxylation sites is 2. The third-order valence-corrected chi connectivity index (χ3v) is 4.29. The molecule has 0 fully saturated rings. The predicted molar refractivity (Wildman–Crippen MR) is 114 cm³/mol. The van der Waals surface area contributed by atoms with E-state index in [4.69, 9.17) is 9.47 Å². The smallest absolute Gasteiger partial charge is 0.269 e. The molecule has 2 N–H and O–H groups in total. The Balaban J connectivity index is 1.60. The van der Waals surface area contributed by atoms with Crippen LogP contribution in [0.1, 0.15) is 23.0 Å². The highest BCUT2D eigenvalue weighted by molar-refractivity contribution is 5.93. The fourth-order valence-corrected chi connectivity index (χ4v) is 2.88. The Labute approximate surface area is 170 Å². The topological polar surface area (TPSA) is 72.5 Å². The summed E-state index contributed by atoms with van der Waals surface area (Å²) in [5.41, 5.74) is 3.06. The second-order valence-electron chi connectivity index (χ2n) is 6.34. The minimum absolute atomic E-state index is 0.213. The summed E-state index contributed by atoms with van der Waals surface area (Å²) in [5.74, 6) is 1.35. The number of anilines is 2. The molecule has 0 atom stereocenters. The number of rotatable bonds is 9. The molecule has 0 bridgehead atoms. The standard InChI is InChI=1S/C23H25N3O3/c1-3-29-22-10-5-4-9-20(22)26-18-12-14-24-21(16-18)23(27)25-13-11-17-7-6-8-19(15-17)28-2/h4-10,12,14-16H,3,11,13H2,1-2H3,(H,24,26)(H,25,27). The highest BCUT2D eigenvalue weighted by Crippen LogP contribution is 2.27. The number of methoxy groups -OCH3 is 1. The maximum absolute atomic E-state index is 12.5. The van der Waals surface area contributed by atoms with Crippen LogP contribution in [0, 0.1) is 0 Å². The van der Waals surface area contributed by atoms with Crippen LogP contribution in [0.2, 0.25) is 0 Å². The Bertz CT molecular complexity index is 959. The highest BCUT2D eigenvalue weighted by atomic mass is 16.5. The Morgan fingerprint density at radius 3 is 2.76 bits per heavy atom. The zero-order chi connectivity index (χ0) is 20.5. The molecule has 1 heterocycles. The van der Waals surface area contributed by atoms with E-state index in [-0.39, 0.29) is 5.91 Å². The summed E-state index contributed by atoms with van der Waals surface area (Å²) >= 11 is 0. The zero-order valence-electron chi connectivity index (χ0n) is 16.6. The van der Waals surface area contributed by atoms with E-state index >= 15 is 0 Å². The first-order valence-electron chi connectivity index (χ1n) is 9.55. The molecule has 0 aliphatic carbocycles. The maximum atomic E-state index is 12.5. The first-order chi connectivity index (χ1) is 14.2. The van der Waals surface area contributed by atoms with Gasteiger partial charge in [-0.1, -0.05) is 24.3 Å². The fourth-order valence-electron chi connectivity index (χ4n) is 2.88. The lowest BCUT2D eigenvalue weighted by Gasteiger charge is -2.13. The largest absolute Gasteiger partial charge is 0.497 e. The molecule has 1 aromatic heterocycles. The number of pyridine rings is 1. The molecule has 2 aromatic carbocycles. The van der Waals surface area contributed by atoms with E-state index < -0.39 is 0 Å². The third-order valence-electron chi connectivity index (χ3n) is 4.29. The van der Waals surface area contributed by atoms with Crippen molar-refractivity contribution in [1.82, 2.24) is 10.3 Å². The van der Waals surface area contributed by atoms with Crippen LogP contribution in [-0.2, 0) is 6.42 Å². The van der Waals surface area contributed by atoms with Crippen LogP contribution in [-0.4, -0.2) is 31.2 Å². The van der Waals surface area contributed by atoms with Crippen molar-refractivity contribution in [2.24, 2.45) is 0 Å². The Morgan fingerprint density at radius 2 is 1.93 bits per heavy atom. The van der Waals surface area contributed by atoms with Crippen LogP contribution in [0.15, 0.2) is 66.9 Å². The van der Waals surface area contributed by atoms with Crippen LogP contribution in [0.25, 0.3) is 0 Å². The summed E-state index contributed by atoms with van der Waals surface area (Å²) in [5, 5.41) is 6.20. The minimum atomic E-state index is -0.213. The number of aromatic nitrogens is 1. The van der Waals surface area contributed by atoms with Crippen LogP contribution < -0.4 is 20.1 Å². The highest BCUT2D eigenvalue weighted by Gasteiger charge is 2.09. The number of carbonyl (C=O) groups excluding carboxylic acids is 1. The average molecular weight is 391 g/mol. The molecule has 6 heteroatoms. The summed E-state index contributed by atoms with van der Waals surface area (Å²) < 4.78 is 10.9. The van der Waals surface area contributed by atoms with Gasteiger partial charge in [0.2, 0.25) is 0 Å². The van der Waals surface area contributed by atoms with Gasteiger partial charge in [0.1, 0.15) is 17.2 Å². The molecule has 0 aliphatic rings. The normalized spacial score (nSPS) is 10.3. The van der Waals surface area contributed by atoms with Gasteiger partial charge in [-0.3, -0.25) is 9.78 Å². The molecular formula is C23H25N3O3. The van der Waals surface area contributed by atoms with Crippen LogP contribution in [0.4, 0.5) is 11.4 Å². The summed E-state index contributed by atoms with van der Waals surface area (Å²) in [6.07, 6.45) is 2.32. The average Bonchev–Trinajstić information content (AvgIpc) is 2.75. The number of nitrogens with zero attached hydrogens (tertiary/aromatic N) is 1. The molecule has 29 heavy (non-hydrogen) atoms. The number of carbonyl (C=O) groups is 1. The molecule has 3 aromatic rings. The zero-order valence-corrected chi connectivity index (χ0v) is 16.6. The van der Waals surface area contributed by atoms with Crippen molar-refractivity contribution in [2.45, 2.75) is 13.3 Å². The van der Waals surface area contributed by atoms with Gasteiger partial charge < -0.3 is 20.1 Å². The van der Waals surface area contributed by atoms with Crippen molar-refractivity contribution >= 4 is 17.3 Å². The monoisotopic (exact) mass is 391 g/mol. The minimum Gasteiger partial charge on any atom is -0.497 e. The lowest BCUT2D eigenvalue weighted by molar-refractivity contribution is 0.0949. The van der Waals surface area contributed by atoms with E-state index in [0.29, 0.717) is 25.3 Å². The van der Waals surface area contributed by atoms with E-state index in [1.54, 1.807) is 19.4 Å². The van der Waals surface area contributed by atoms with Crippen LogP contribution in [0.5, 0.6) is 11.5 Å². The quantitative estimate of drug-likeness (QED) is 0.572. The van der Waals surface area contributed by atoms with E-state index in [0.717, 1.165) is 28.4 Å². The second-order valence-corrected chi connectivity index (χ2v) is 6.34. The van der Waals surface area contributed by atoms with Crippen molar-refractivity contribution < 1.29 is 14.3 Å². The van der Waals surface area contributed by atoms with E-state index in [1.807, 2.05) is 61.5 Å². The molecular weight excluding hydrogens is 366 g/mol. The summed E-state index contributed by atoms with van der Waals surface area (Å²) in [6, 6.07) is 19.0. The number of nitrogens with one attached hydrogen (secondary N) is 2. The van der Waals surface area contributed by atoms with Crippen LogP contribution >= 0.6 is 0 Å². The molecule has 0 aliphatic heterocycles. The second kappa shape index (κ2) is 10.1. The van der Waals surface area contributed by atoms with E-state index in [2.05, 4.69) is 15.6 Å². The van der Waals surface area contributed by atoms with E-state index in [1.165, 1.54) is 0 Å². The fraction of sp³-hybridized carbons (Fsp3) is 0.217. The van der Waals surface area contributed by atoms with Gasteiger partial charge in [0.25, 0.3) is 5.91 Å². The molecule has 6 nitrogen and oxygen atoms in total. The van der Waals surface area contributed by atoms with Crippen molar-refractivity contribution in [3.63, 3.8) is 0 Å².